The molecule has 0 aromatic heterocycles. The number of piperidine rings is 1. The number of hydrogen-bond acceptors (Lipinski definition) is 2. The van der Waals surface area contributed by atoms with E-state index >= 15 is 0 Å². The van der Waals surface area contributed by atoms with Crippen molar-refractivity contribution in [3.63, 3.8) is 0 Å². The van der Waals surface area contributed by atoms with Crippen LogP contribution in [-0.4, -0.2) is 36.1 Å². The number of benzene rings is 1. The van der Waals surface area contributed by atoms with Gasteiger partial charge in [-0.15, -0.1) is 0 Å². The average molecular weight is 287 g/mol. The third-order valence-electron chi connectivity index (χ3n) is 4.93. The molecule has 0 unspecified atom stereocenters. The first-order chi connectivity index (χ1) is 10.1. The molecule has 2 aliphatic rings. The van der Waals surface area contributed by atoms with Crippen LogP contribution in [0.5, 0.6) is 0 Å². The monoisotopic (exact) mass is 287 g/mol. The molecule has 0 radical (unpaired) electrons. The molecule has 1 amide bonds. The molecule has 3 heteroatoms. The van der Waals surface area contributed by atoms with Crippen LogP contribution in [0.2, 0.25) is 0 Å². The summed E-state index contributed by atoms with van der Waals surface area (Å²) >= 11 is 0. The van der Waals surface area contributed by atoms with Gasteiger partial charge in [0, 0.05) is 25.4 Å². The number of amides is 1. The second kappa shape index (κ2) is 6.18. The van der Waals surface area contributed by atoms with E-state index in [0.29, 0.717) is 30.5 Å². The van der Waals surface area contributed by atoms with E-state index in [4.69, 9.17) is 4.74 Å². The van der Waals surface area contributed by atoms with Crippen molar-refractivity contribution in [2.45, 2.75) is 51.7 Å². The third kappa shape index (κ3) is 3.29. The topological polar surface area (TPSA) is 29.5 Å². The lowest BCUT2D eigenvalue weighted by Gasteiger charge is -2.34. The van der Waals surface area contributed by atoms with E-state index in [1.54, 1.807) is 0 Å². The van der Waals surface area contributed by atoms with Gasteiger partial charge < -0.3 is 9.64 Å². The van der Waals surface area contributed by atoms with E-state index < -0.39 is 0 Å². The first kappa shape index (κ1) is 14.6. The molecule has 3 nitrogen and oxygen atoms in total. The lowest BCUT2D eigenvalue weighted by Crippen LogP contribution is -2.44. The Morgan fingerprint density at radius 1 is 1.38 bits per heavy atom. The first-order valence-electron chi connectivity index (χ1n) is 8.11. The Labute approximate surface area is 127 Å². The van der Waals surface area contributed by atoms with Gasteiger partial charge in [-0.2, -0.15) is 0 Å². The second-order valence-corrected chi connectivity index (χ2v) is 6.54. The smallest absolute Gasteiger partial charge is 0.222 e. The van der Waals surface area contributed by atoms with E-state index in [9.17, 15) is 4.79 Å². The van der Waals surface area contributed by atoms with E-state index in [2.05, 4.69) is 36.9 Å². The Morgan fingerprint density at radius 2 is 2.19 bits per heavy atom. The van der Waals surface area contributed by atoms with Gasteiger partial charge >= 0.3 is 0 Å². The Morgan fingerprint density at radius 3 is 3.00 bits per heavy atom. The quantitative estimate of drug-likeness (QED) is 0.855. The molecule has 3 atom stereocenters. The summed E-state index contributed by atoms with van der Waals surface area (Å²) in [5.41, 5.74) is 2.57. The van der Waals surface area contributed by atoms with Gasteiger partial charge in [-0.1, -0.05) is 24.3 Å². The molecular formula is C18H25NO2. The summed E-state index contributed by atoms with van der Waals surface area (Å²) in [6.45, 7) is 6.01. The molecule has 1 aromatic rings. The van der Waals surface area contributed by atoms with Crippen LogP contribution in [0.1, 0.15) is 37.3 Å². The Bertz CT molecular complexity index is 514. The summed E-state index contributed by atoms with van der Waals surface area (Å²) in [6.07, 6.45) is 4.33. The van der Waals surface area contributed by atoms with Crippen molar-refractivity contribution in [3.8, 4) is 0 Å². The van der Waals surface area contributed by atoms with E-state index in [1.165, 1.54) is 11.1 Å². The summed E-state index contributed by atoms with van der Waals surface area (Å²) in [4.78, 5) is 14.5. The Kier molecular flexibility index (Phi) is 4.29. The van der Waals surface area contributed by atoms with Crippen molar-refractivity contribution >= 4 is 5.91 Å². The molecule has 0 bridgehead atoms. The van der Waals surface area contributed by atoms with Gasteiger partial charge in [0.15, 0.2) is 0 Å². The van der Waals surface area contributed by atoms with Crippen LogP contribution in [0.15, 0.2) is 24.3 Å². The van der Waals surface area contributed by atoms with Crippen molar-refractivity contribution in [2.24, 2.45) is 5.92 Å². The van der Waals surface area contributed by atoms with E-state index in [0.717, 1.165) is 32.4 Å². The average Bonchev–Trinajstić information content (AvgIpc) is 2.85. The van der Waals surface area contributed by atoms with Gasteiger partial charge in [0.2, 0.25) is 5.91 Å². The standard InChI is InChI=1S/C18H25NO2/c1-13-5-3-4-6-15(13)7-8-18(20)19-10-9-17-16(12-19)11-14(2)21-17/h3-6,14,16-17H,7-12H2,1-2H3/t14-,16+,17+/m0/s1. The predicted octanol–water partition coefficient (Wildman–Crippen LogP) is 2.95. The number of carbonyl (C=O) groups is 1. The molecule has 21 heavy (non-hydrogen) atoms. The molecule has 114 valence electrons. The number of nitrogens with zero attached hydrogens (tertiary/aromatic N) is 1. The SMILES string of the molecule is Cc1ccccc1CCC(=O)N1CC[C@H]2O[C@@H](C)C[C@@H]2C1. The molecule has 2 fully saturated rings. The highest BCUT2D eigenvalue weighted by Gasteiger charge is 2.38. The number of aryl methyl sites for hydroxylation is 2. The minimum absolute atomic E-state index is 0.302. The molecule has 2 heterocycles. The highest BCUT2D eigenvalue weighted by atomic mass is 16.5. The number of fused-ring (bicyclic) bond motifs is 1. The summed E-state index contributed by atoms with van der Waals surface area (Å²) in [6, 6.07) is 8.34. The fraction of sp³-hybridized carbons (Fsp3) is 0.611. The second-order valence-electron chi connectivity index (χ2n) is 6.54. The van der Waals surface area contributed by atoms with Crippen molar-refractivity contribution in [3.05, 3.63) is 35.4 Å². The van der Waals surface area contributed by atoms with Crippen LogP contribution in [0.4, 0.5) is 0 Å². The van der Waals surface area contributed by atoms with Crippen LogP contribution in [0.25, 0.3) is 0 Å². The molecule has 0 spiro atoms. The van der Waals surface area contributed by atoms with Crippen LogP contribution in [-0.2, 0) is 16.0 Å². The van der Waals surface area contributed by atoms with Crippen LogP contribution in [0, 0.1) is 12.8 Å². The number of hydrogen-bond donors (Lipinski definition) is 0. The summed E-state index contributed by atoms with van der Waals surface area (Å²) in [5.74, 6) is 0.854. The van der Waals surface area contributed by atoms with E-state index in [-0.39, 0.29) is 0 Å². The maximum absolute atomic E-state index is 12.4. The minimum Gasteiger partial charge on any atom is -0.375 e. The van der Waals surface area contributed by atoms with Crippen LogP contribution < -0.4 is 0 Å². The van der Waals surface area contributed by atoms with Gasteiger partial charge in [-0.05, 0) is 44.2 Å². The lowest BCUT2D eigenvalue weighted by atomic mass is 9.92. The molecule has 2 aliphatic heterocycles. The van der Waals surface area contributed by atoms with Crippen molar-refractivity contribution < 1.29 is 9.53 Å². The molecule has 2 saturated heterocycles. The first-order valence-corrected chi connectivity index (χ1v) is 8.11. The van der Waals surface area contributed by atoms with E-state index in [1.807, 2.05) is 6.07 Å². The number of carbonyl (C=O) groups excluding carboxylic acids is 1. The number of rotatable bonds is 3. The number of ether oxygens (including phenoxy) is 1. The summed E-state index contributed by atoms with van der Waals surface area (Å²) in [5, 5.41) is 0. The van der Waals surface area contributed by atoms with Crippen molar-refractivity contribution in [2.75, 3.05) is 13.1 Å². The maximum Gasteiger partial charge on any atom is 0.222 e. The molecule has 0 N–H and O–H groups in total. The zero-order valence-corrected chi connectivity index (χ0v) is 13.0. The lowest BCUT2D eigenvalue weighted by molar-refractivity contribution is -0.134. The zero-order valence-electron chi connectivity index (χ0n) is 13.0. The maximum atomic E-state index is 12.4. The van der Waals surface area contributed by atoms with Gasteiger partial charge in [0.1, 0.15) is 0 Å². The largest absolute Gasteiger partial charge is 0.375 e. The predicted molar refractivity (Wildman–Crippen MR) is 83.1 cm³/mol. The van der Waals surface area contributed by atoms with Gasteiger partial charge in [-0.25, -0.2) is 0 Å². The third-order valence-corrected chi connectivity index (χ3v) is 4.93. The summed E-state index contributed by atoms with van der Waals surface area (Å²) < 4.78 is 5.90. The molecule has 0 aliphatic carbocycles. The molecular weight excluding hydrogens is 262 g/mol. The van der Waals surface area contributed by atoms with Crippen LogP contribution >= 0.6 is 0 Å². The number of likely N-dealkylation sites (tertiary alicyclic amines) is 1. The van der Waals surface area contributed by atoms with Crippen LogP contribution in [0.3, 0.4) is 0 Å². The normalized spacial score (nSPS) is 28.5. The summed E-state index contributed by atoms with van der Waals surface area (Å²) in [7, 11) is 0. The Hall–Kier alpha value is -1.35. The van der Waals surface area contributed by atoms with Gasteiger partial charge in [0.25, 0.3) is 0 Å². The van der Waals surface area contributed by atoms with Crippen molar-refractivity contribution in [1.82, 2.24) is 4.90 Å². The highest BCUT2D eigenvalue weighted by Crippen LogP contribution is 2.32. The highest BCUT2D eigenvalue weighted by molar-refractivity contribution is 5.76. The molecule has 3 rings (SSSR count). The van der Waals surface area contributed by atoms with Crippen molar-refractivity contribution in [1.29, 1.82) is 0 Å². The fourth-order valence-corrected chi connectivity index (χ4v) is 3.71. The van der Waals surface area contributed by atoms with Gasteiger partial charge in [0.05, 0.1) is 12.2 Å². The molecule has 0 saturated carbocycles. The zero-order chi connectivity index (χ0) is 14.8. The fourth-order valence-electron chi connectivity index (χ4n) is 3.71. The minimum atomic E-state index is 0.302. The van der Waals surface area contributed by atoms with Gasteiger partial charge in [-0.3, -0.25) is 4.79 Å². The Balaban J connectivity index is 1.53. The molecule has 1 aromatic carbocycles.